The molecule has 1 aromatic heterocycles. The van der Waals surface area contributed by atoms with Crippen LogP contribution in [-0.4, -0.2) is 38.4 Å². The smallest absolute Gasteiger partial charge is 0.252 e. The van der Waals surface area contributed by atoms with E-state index in [0.29, 0.717) is 27.6 Å². The van der Waals surface area contributed by atoms with Gasteiger partial charge in [-0.15, -0.1) is 11.3 Å². The molecule has 1 N–H and O–H groups in total. The molecule has 3 rings (SSSR count). The zero-order chi connectivity index (χ0) is 14.2. The molecule has 1 saturated carbocycles. The average Bonchev–Trinajstić information content (AvgIpc) is 3.17. The second-order valence-electron chi connectivity index (χ2n) is 5.59. The van der Waals surface area contributed by atoms with E-state index >= 15 is 0 Å². The van der Waals surface area contributed by atoms with E-state index in [1.165, 1.54) is 12.8 Å². The lowest BCUT2D eigenvalue weighted by Crippen LogP contribution is -2.40. The molecule has 2 fully saturated rings. The van der Waals surface area contributed by atoms with E-state index in [1.807, 2.05) is 0 Å². The van der Waals surface area contributed by atoms with Crippen LogP contribution in [0.1, 0.15) is 25.7 Å². The maximum atomic E-state index is 12.4. The van der Waals surface area contributed by atoms with E-state index in [1.54, 1.807) is 16.4 Å². The lowest BCUT2D eigenvalue weighted by molar-refractivity contribution is 0.267. The van der Waals surface area contributed by atoms with Crippen molar-refractivity contribution >= 4 is 33.0 Å². The van der Waals surface area contributed by atoms with Gasteiger partial charge >= 0.3 is 0 Å². The largest absolute Gasteiger partial charge is 0.314 e. The summed E-state index contributed by atoms with van der Waals surface area (Å²) in [6.07, 6.45) is 4.48. The molecule has 1 aliphatic carbocycles. The van der Waals surface area contributed by atoms with Crippen LogP contribution in [0.25, 0.3) is 0 Å². The Bertz CT molecular complexity index is 561. The highest BCUT2D eigenvalue weighted by Gasteiger charge is 2.31. The Morgan fingerprint density at radius 2 is 1.95 bits per heavy atom. The summed E-state index contributed by atoms with van der Waals surface area (Å²) in [6.45, 7) is 2.27. The first kappa shape index (κ1) is 14.8. The second-order valence-corrected chi connectivity index (χ2v) is 9.47. The maximum Gasteiger partial charge on any atom is 0.252 e. The topological polar surface area (TPSA) is 49.4 Å². The Hall–Kier alpha value is -0.140. The van der Waals surface area contributed by atoms with Crippen LogP contribution in [0.2, 0.25) is 4.34 Å². The van der Waals surface area contributed by atoms with Crippen molar-refractivity contribution in [3.05, 3.63) is 16.5 Å². The lowest BCUT2D eigenvalue weighted by Gasteiger charge is -2.31. The van der Waals surface area contributed by atoms with Crippen molar-refractivity contribution in [2.24, 2.45) is 5.92 Å². The molecule has 0 bridgehead atoms. The van der Waals surface area contributed by atoms with Crippen molar-refractivity contribution in [3.63, 3.8) is 0 Å². The van der Waals surface area contributed by atoms with Gasteiger partial charge in [-0.1, -0.05) is 11.6 Å². The van der Waals surface area contributed by atoms with Crippen LogP contribution in [0.5, 0.6) is 0 Å². The molecule has 20 heavy (non-hydrogen) atoms. The van der Waals surface area contributed by atoms with Crippen molar-refractivity contribution in [2.75, 3.05) is 19.6 Å². The van der Waals surface area contributed by atoms with Gasteiger partial charge in [0.2, 0.25) is 0 Å². The molecule has 0 amide bonds. The molecule has 2 heterocycles. The number of nitrogens with zero attached hydrogens (tertiary/aromatic N) is 1. The summed E-state index contributed by atoms with van der Waals surface area (Å²) in [5.41, 5.74) is 0. The van der Waals surface area contributed by atoms with Crippen LogP contribution in [0, 0.1) is 5.92 Å². The summed E-state index contributed by atoms with van der Waals surface area (Å²) < 4.78 is 27.4. The van der Waals surface area contributed by atoms with Gasteiger partial charge in [0.15, 0.2) is 0 Å². The molecule has 0 spiro atoms. The number of sulfonamides is 1. The normalized spacial score (nSPS) is 22.2. The maximum absolute atomic E-state index is 12.4. The first-order chi connectivity index (χ1) is 9.55. The fraction of sp³-hybridized carbons (Fsp3) is 0.692. The van der Waals surface area contributed by atoms with Gasteiger partial charge in [0, 0.05) is 19.1 Å². The van der Waals surface area contributed by atoms with E-state index in [2.05, 4.69) is 5.32 Å². The lowest BCUT2D eigenvalue weighted by atomic mass is 9.98. The zero-order valence-corrected chi connectivity index (χ0v) is 13.6. The van der Waals surface area contributed by atoms with Crippen LogP contribution in [-0.2, 0) is 10.0 Å². The summed E-state index contributed by atoms with van der Waals surface area (Å²) in [7, 11) is -3.34. The molecular weight excluding hydrogens is 316 g/mol. The monoisotopic (exact) mass is 334 g/mol. The second kappa shape index (κ2) is 5.93. The van der Waals surface area contributed by atoms with E-state index in [0.717, 1.165) is 36.8 Å². The van der Waals surface area contributed by atoms with Gasteiger partial charge in [0.1, 0.15) is 4.21 Å². The van der Waals surface area contributed by atoms with Gasteiger partial charge in [-0.3, -0.25) is 0 Å². The zero-order valence-electron chi connectivity index (χ0n) is 11.2. The standard InChI is InChI=1S/C13H19ClN2O2S2/c14-12-3-4-13(19-12)20(17,18)16-7-5-10(6-8-16)9-15-11-1-2-11/h3-4,10-11,15H,1-2,5-9H2. The highest BCUT2D eigenvalue weighted by atomic mass is 35.5. The summed E-state index contributed by atoms with van der Waals surface area (Å²) in [5.74, 6) is 0.606. The average molecular weight is 335 g/mol. The minimum Gasteiger partial charge on any atom is -0.314 e. The van der Waals surface area contributed by atoms with E-state index in [9.17, 15) is 8.42 Å². The number of hydrogen-bond acceptors (Lipinski definition) is 4. The molecule has 0 radical (unpaired) electrons. The molecule has 4 nitrogen and oxygen atoms in total. The third-order valence-corrected chi connectivity index (χ3v) is 7.59. The molecule has 1 aromatic rings. The van der Waals surface area contributed by atoms with Gasteiger partial charge in [0.05, 0.1) is 4.34 Å². The highest BCUT2D eigenvalue weighted by molar-refractivity contribution is 7.91. The van der Waals surface area contributed by atoms with E-state index in [4.69, 9.17) is 11.6 Å². The minimum atomic E-state index is -3.34. The molecule has 0 unspecified atom stereocenters. The van der Waals surface area contributed by atoms with Crippen molar-refractivity contribution < 1.29 is 8.42 Å². The van der Waals surface area contributed by atoms with Crippen LogP contribution >= 0.6 is 22.9 Å². The number of hydrogen-bond donors (Lipinski definition) is 1. The Kier molecular flexibility index (Phi) is 4.38. The van der Waals surface area contributed by atoms with Crippen molar-refractivity contribution in [2.45, 2.75) is 35.9 Å². The minimum absolute atomic E-state index is 0.358. The Morgan fingerprint density at radius 3 is 2.50 bits per heavy atom. The first-order valence-electron chi connectivity index (χ1n) is 7.04. The molecule has 0 aromatic carbocycles. The summed E-state index contributed by atoms with van der Waals surface area (Å²) >= 11 is 6.97. The number of nitrogens with one attached hydrogen (secondary N) is 1. The predicted molar refractivity (Wildman–Crippen MR) is 81.8 cm³/mol. The number of halogens is 1. The van der Waals surface area contributed by atoms with Gasteiger partial charge in [-0.2, -0.15) is 4.31 Å². The van der Waals surface area contributed by atoms with Crippen LogP contribution < -0.4 is 5.32 Å². The Balaban J connectivity index is 1.56. The van der Waals surface area contributed by atoms with Gasteiger partial charge < -0.3 is 5.32 Å². The Morgan fingerprint density at radius 1 is 1.25 bits per heavy atom. The van der Waals surface area contributed by atoms with Crippen molar-refractivity contribution in [3.8, 4) is 0 Å². The number of piperidine rings is 1. The number of rotatable bonds is 5. The SMILES string of the molecule is O=S(=O)(c1ccc(Cl)s1)N1CCC(CNC2CC2)CC1. The van der Waals surface area contributed by atoms with Crippen LogP contribution in [0.15, 0.2) is 16.3 Å². The number of thiophene rings is 1. The summed E-state index contributed by atoms with van der Waals surface area (Å²) in [6, 6.07) is 3.97. The molecule has 112 valence electrons. The summed E-state index contributed by atoms with van der Waals surface area (Å²) in [4.78, 5) is 0. The molecule has 7 heteroatoms. The molecule has 0 atom stereocenters. The fourth-order valence-electron chi connectivity index (χ4n) is 2.54. The molecular formula is C13H19ClN2O2S2. The van der Waals surface area contributed by atoms with Crippen molar-refractivity contribution in [1.29, 1.82) is 0 Å². The first-order valence-corrected chi connectivity index (χ1v) is 9.68. The summed E-state index contributed by atoms with van der Waals surface area (Å²) in [5, 5.41) is 3.53. The third-order valence-electron chi connectivity index (χ3n) is 3.99. The van der Waals surface area contributed by atoms with E-state index in [-0.39, 0.29) is 0 Å². The quantitative estimate of drug-likeness (QED) is 0.900. The van der Waals surface area contributed by atoms with Crippen LogP contribution in [0.3, 0.4) is 0 Å². The van der Waals surface area contributed by atoms with Gasteiger partial charge in [0.25, 0.3) is 10.0 Å². The fourth-order valence-corrected chi connectivity index (χ4v) is 5.64. The third kappa shape index (κ3) is 3.36. The molecule has 1 aliphatic heterocycles. The Labute approximate surface area is 129 Å². The van der Waals surface area contributed by atoms with E-state index < -0.39 is 10.0 Å². The van der Waals surface area contributed by atoms with Gasteiger partial charge in [-0.05, 0) is 50.3 Å². The van der Waals surface area contributed by atoms with Crippen LogP contribution in [0.4, 0.5) is 0 Å². The van der Waals surface area contributed by atoms with Gasteiger partial charge in [-0.25, -0.2) is 8.42 Å². The highest BCUT2D eigenvalue weighted by Crippen LogP contribution is 2.30. The predicted octanol–water partition coefficient (Wildman–Crippen LogP) is 2.55. The van der Waals surface area contributed by atoms with Crippen molar-refractivity contribution in [1.82, 2.24) is 9.62 Å². The molecule has 1 saturated heterocycles. The molecule has 2 aliphatic rings.